The van der Waals surface area contributed by atoms with Gasteiger partial charge in [0.1, 0.15) is 21.4 Å². The average Bonchev–Trinajstić information content (AvgIpc) is 3.19. The number of anilines is 1. The zero-order valence-corrected chi connectivity index (χ0v) is 17.2. The molecule has 1 amide bonds. The number of fused-ring (bicyclic) bond motifs is 1. The van der Waals surface area contributed by atoms with Crippen LogP contribution in [-0.2, 0) is 4.79 Å². The van der Waals surface area contributed by atoms with Crippen molar-refractivity contribution in [2.45, 2.75) is 24.1 Å². The molecule has 2 aromatic heterocycles. The van der Waals surface area contributed by atoms with Gasteiger partial charge in [0.15, 0.2) is 0 Å². The molecule has 1 N–H and O–H groups in total. The molecule has 2 heterocycles. The van der Waals surface area contributed by atoms with Gasteiger partial charge >= 0.3 is 0 Å². The molecule has 4 rings (SSSR count). The Labute approximate surface area is 172 Å². The zero-order valence-electron chi connectivity index (χ0n) is 15.5. The monoisotopic (exact) mass is 405 g/mol. The summed E-state index contributed by atoms with van der Waals surface area (Å²) in [5, 5.41) is 6.49. The zero-order chi connectivity index (χ0) is 19.5. The summed E-state index contributed by atoms with van der Waals surface area (Å²) in [7, 11) is 0. The van der Waals surface area contributed by atoms with Crippen molar-refractivity contribution in [3.8, 4) is 0 Å². The lowest BCUT2D eigenvalue weighted by atomic mass is 10.1. The third kappa shape index (κ3) is 3.93. The highest BCUT2D eigenvalue weighted by Crippen LogP contribution is 2.39. The predicted molar refractivity (Wildman–Crippen MR) is 117 cm³/mol. The van der Waals surface area contributed by atoms with Gasteiger partial charge < -0.3 is 5.32 Å². The van der Waals surface area contributed by atoms with Gasteiger partial charge in [0, 0.05) is 11.1 Å². The summed E-state index contributed by atoms with van der Waals surface area (Å²) in [4.78, 5) is 23.0. The van der Waals surface area contributed by atoms with E-state index in [1.807, 2.05) is 73.8 Å². The van der Waals surface area contributed by atoms with E-state index in [2.05, 4.69) is 15.3 Å². The van der Waals surface area contributed by atoms with Crippen LogP contribution in [-0.4, -0.2) is 15.9 Å². The Balaban J connectivity index is 1.69. The number of hydrogen-bond donors (Lipinski definition) is 1. The molecule has 0 unspecified atom stereocenters. The maximum Gasteiger partial charge on any atom is 0.242 e. The van der Waals surface area contributed by atoms with Gasteiger partial charge in [-0.25, -0.2) is 9.97 Å². The van der Waals surface area contributed by atoms with Crippen molar-refractivity contribution in [2.75, 3.05) is 5.32 Å². The van der Waals surface area contributed by atoms with E-state index in [0.717, 1.165) is 37.6 Å². The summed E-state index contributed by atoms with van der Waals surface area (Å²) in [5.74, 6) is -0.0631. The third-order valence-corrected chi connectivity index (χ3v) is 6.54. The molecule has 0 aliphatic heterocycles. The normalized spacial score (nSPS) is 12.1. The summed E-state index contributed by atoms with van der Waals surface area (Å²) in [6, 6.07) is 17.9. The second-order valence-corrected chi connectivity index (χ2v) is 8.52. The number of amides is 1. The van der Waals surface area contributed by atoms with Crippen LogP contribution in [0.3, 0.4) is 0 Å². The Kier molecular flexibility index (Phi) is 5.41. The number of aryl methyl sites for hydroxylation is 2. The quantitative estimate of drug-likeness (QED) is 0.338. The van der Waals surface area contributed by atoms with E-state index in [1.165, 1.54) is 11.8 Å². The van der Waals surface area contributed by atoms with Gasteiger partial charge in [-0.15, -0.1) is 11.3 Å². The fraction of sp³-hybridized carbons (Fsp3) is 0.136. The number of hydrogen-bond acceptors (Lipinski definition) is 5. The molecule has 0 saturated heterocycles. The van der Waals surface area contributed by atoms with Crippen molar-refractivity contribution in [1.82, 2.24) is 9.97 Å². The number of benzene rings is 2. The molecule has 0 fully saturated rings. The second-order valence-electron chi connectivity index (χ2n) is 6.53. The first-order valence-electron chi connectivity index (χ1n) is 8.90. The first-order chi connectivity index (χ1) is 13.6. The molecule has 0 radical (unpaired) electrons. The van der Waals surface area contributed by atoms with Gasteiger partial charge in [-0.1, -0.05) is 54.2 Å². The summed E-state index contributed by atoms with van der Waals surface area (Å²) in [6.45, 7) is 4.02. The van der Waals surface area contributed by atoms with Gasteiger partial charge in [0.05, 0.1) is 0 Å². The summed E-state index contributed by atoms with van der Waals surface area (Å²) >= 11 is 3.03. The van der Waals surface area contributed by atoms with Crippen LogP contribution in [0.5, 0.6) is 0 Å². The van der Waals surface area contributed by atoms with Crippen molar-refractivity contribution in [2.24, 2.45) is 0 Å². The van der Waals surface area contributed by atoms with Crippen LogP contribution in [0.15, 0.2) is 71.3 Å². The molecule has 1 atom stereocenters. The molecule has 0 spiro atoms. The van der Waals surface area contributed by atoms with E-state index in [9.17, 15) is 4.79 Å². The van der Waals surface area contributed by atoms with Crippen LogP contribution in [0.1, 0.15) is 21.9 Å². The highest BCUT2D eigenvalue weighted by atomic mass is 32.2. The van der Waals surface area contributed by atoms with Gasteiger partial charge in [0.2, 0.25) is 5.91 Å². The standard InChI is InChI=1S/C22H19N3OS2/c1-14-8-9-15(2)18(12-14)25-20(26)19(16-6-4-3-5-7-16)28-22-17-10-11-27-21(17)23-13-24-22/h3-13,19H,1-2H3,(H,25,26)/t19-/m0/s1. The lowest BCUT2D eigenvalue weighted by molar-refractivity contribution is -0.115. The Hall–Kier alpha value is -2.70. The Morgan fingerprint density at radius 2 is 1.89 bits per heavy atom. The highest BCUT2D eigenvalue weighted by molar-refractivity contribution is 8.00. The fourth-order valence-electron chi connectivity index (χ4n) is 2.94. The van der Waals surface area contributed by atoms with Crippen molar-refractivity contribution < 1.29 is 4.79 Å². The van der Waals surface area contributed by atoms with Gasteiger partial charge in [-0.2, -0.15) is 0 Å². The maximum atomic E-state index is 13.3. The molecule has 6 heteroatoms. The number of carbonyl (C=O) groups excluding carboxylic acids is 1. The minimum Gasteiger partial charge on any atom is -0.325 e. The van der Waals surface area contributed by atoms with E-state index >= 15 is 0 Å². The van der Waals surface area contributed by atoms with Crippen molar-refractivity contribution in [3.05, 3.63) is 83.0 Å². The number of nitrogens with zero attached hydrogens (tertiary/aromatic N) is 2. The van der Waals surface area contributed by atoms with Crippen LogP contribution in [0, 0.1) is 13.8 Å². The fourth-order valence-corrected chi connectivity index (χ4v) is 4.82. The smallest absolute Gasteiger partial charge is 0.242 e. The summed E-state index contributed by atoms with van der Waals surface area (Å²) in [6.07, 6.45) is 1.56. The van der Waals surface area contributed by atoms with E-state index < -0.39 is 5.25 Å². The molecule has 140 valence electrons. The number of rotatable bonds is 5. The lowest BCUT2D eigenvalue weighted by Gasteiger charge is -2.18. The highest BCUT2D eigenvalue weighted by Gasteiger charge is 2.24. The van der Waals surface area contributed by atoms with Gasteiger partial charge in [-0.05, 0) is 48.1 Å². The maximum absolute atomic E-state index is 13.3. The number of nitrogens with one attached hydrogen (secondary N) is 1. The van der Waals surface area contributed by atoms with Crippen molar-refractivity contribution >= 4 is 44.9 Å². The minimum atomic E-state index is -0.417. The molecule has 4 aromatic rings. The number of thiophene rings is 1. The van der Waals surface area contributed by atoms with Crippen molar-refractivity contribution in [1.29, 1.82) is 0 Å². The SMILES string of the molecule is Cc1ccc(C)c(NC(=O)[C@@H](Sc2ncnc3sccc23)c2ccccc2)c1. The van der Waals surface area contributed by atoms with E-state index in [4.69, 9.17) is 0 Å². The topological polar surface area (TPSA) is 54.9 Å². The van der Waals surface area contributed by atoms with Crippen LogP contribution in [0.2, 0.25) is 0 Å². The Morgan fingerprint density at radius 3 is 2.71 bits per heavy atom. The number of aromatic nitrogens is 2. The van der Waals surface area contributed by atoms with E-state index in [0.29, 0.717) is 0 Å². The van der Waals surface area contributed by atoms with Crippen LogP contribution in [0.25, 0.3) is 10.2 Å². The molecule has 0 aliphatic carbocycles. The summed E-state index contributed by atoms with van der Waals surface area (Å²) < 4.78 is 0. The number of thioether (sulfide) groups is 1. The molecular formula is C22H19N3OS2. The minimum absolute atomic E-state index is 0.0631. The van der Waals surface area contributed by atoms with Gasteiger partial charge in [-0.3, -0.25) is 4.79 Å². The van der Waals surface area contributed by atoms with Crippen LogP contribution < -0.4 is 5.32 Å². The Bertz CT molecular complexity index is 1130. The van der Waals surface area contributed by atoms with Crippen LogP contribution in [0.4, 0.5) is 5.69 Å². The Morgan fingerprint density at radius 1 is 1.07 bits per heavy atom. The molecule has 0 saturated carbocycles. The van der Waals surface area contributed by atoms with Gasteiger partial charge in [0.25, 0.3) is 0 Å². The largest absolute Gasteiger partial charge is 0.325 e. The molecule has 2 aromatic carbocycles. The number of carbonyl (C=O) groups is 1. The van der Waals surface area contributed by atoms with E-state index in [1.54, 1.807) is 17.7 Å². The predicted octanol–water partition coefficient (Wildman–Crippen LogP) is 5.78. The van der Waals surface area contributed by atoms with Crippen molar-refractivity contribution in [3.63, 3.8) is 0 Å². The van der Waals surface area contributed by atoms with E-state index in [-0.39, 0.29) is 5.91 Å². The molecule has 4 nitrogen and oxygen atoms in total. The third-order valence-electron chi connectivity index (χ3n) is 4.45. The van der Waals surface area contributed by atoms with Crippen LogP contribution >= 0.6 is 23.1 Å². The average molecular weight is 406 g/mol. The molecule has 28 heavy (non-hydrogen) atoms. The lowest BCUT2D eigenvalue weighted by Crippen LogP contribution is -2.19. The molecular weight excluding hydrogens is 386 g/mol. The summed E-state index contributed by atoms with van der Waals surface area (Å²) in [5.41, 5.74) is 3.94. The first kappa shape index (κ1) is 18.7. The second kappa shape index (κ2) is 8.12. The molecule has 0 bridgehead atoms. The first-order valence-corrected chi connectivity index (χ1v) is 10.7. The molecule has 0 aliphatic rings.